The Labute approximate surface area is 191 Å². The van der Waals surface area contributed by atoms with Crippen LogP contribution >= 0.6 is 15.9 Å². The third kappa shape index (κ3) is 5.34. The van der Waals surface area contributed by atoms with Gasteiger partial charge in [-0.25, -0.2) is 0 Å². The van der Waals surface area contributed by atoms with Crippen molar-refractivity contribution in [3.63, 3.8) is 0 Å². The molecule has 2 aromatic rings. The van der Waals surface area contributed by atoms with Gasteiger partial charge >= 0.3 is 5.97 Å². The highest BCUT2D eigenvalue weighted by Crippen LogP contribution is 2.32. The van der Waals surface area contributed by atoms with Gasteiger partial charge in [0.2, 0.25) is 5.91 Å². The van der Waals surface area contributed by atoms with Crippen molar-refractivity contribution in [2.24, 2.45) is 5.92 Å². The maximum absolute atomic E-state index is 12.7. The number of ether oxygens (including phenoxy) is 1. The van der Waals surface area contributed by atoms with E-state index in [1.165, 1.54) is 0 Å². The second-order valence-corrected chi connectivity index (χ2v) is 8.51. The molecule has 1 aliphatic rings. The largest absolute Gasteiger partial charge is 0.455 e. The molecular formula is C24H27BrN2O4. The van der Waals surface area contributed by atoms with E-state index in [0.717, 1.165) is 39.7 Å². The molecular weight excluding hydrogens is 460 g/mol. The molecule has 0 aliphatic carbocycles. The van der Waals surface area contributed by atoms with Crippen molar-refractivity contribution in [2.75, 3.05) is 23.4 Å². The van der Waals surface area contributed by atoms with E-state index in [4.69, 9.17) is 4.74 Å². The van der Waals surface area contributed by atoms with E-state index in [1.54, 1.807) is 11.0 Å². The zero-order valence-corrected chi connectivity index (χ0v) is 19.6. The Bertz CT molecular complexity index is 983. The van der Waals surface area contributed by atoms with Crippen LogP contribution in [-0.2, 0) is 32.0 Å². The van der Waals surface area contributed by atoms with Gasteiger partial charge in [0.05, 0.1) is 5.92 Å². The van der Waals surface area contributed by atoms with Crippen LogP contribution in [0, 0.1) is 12.8 Å². The van der Waals surface area contributed by atoms with Crippen LogP contribution in [0.4, 0.5) is 11.4 Å². The molecule has 0 spiro atoms. The van der Waals surface area contributed by atoms with Crippen molar-refractivity contribution in [1.29, 1.82) is 0 Å². The number of halogens is 1. The van der Waals surface area contributed by atoms with Crippen molar-refractivity contribution in [1.82, 2.24) is 0 Å². The first-order chi connectivity index (χ1) is 14.8. The van der Waals surface area contributed by atoms with Crippen LogP contribution in [0.2, 0.25) is 0 Å². The van der Waals surface area contributed by atoms with Crippen LogP contribution in [0.3, 0.4) is 0 Å². The number of nitrogens with one attached hydrogen (secondary N) is 1. The van der Waals surface area contributed by atoms with Crippen LogP contribution in [0.25, 0.3) is 0 Å². The molecule has 7 heteroatoms. The van der Waals surface area contributed by atoms with E-state index in [2.05, 4.69) is 35.1 Å². The van der Waals surface area contributed by atoms with E-state index < -0.39 is 17.8 Å². The number of aryl methyl sites for hydroxylation is 3. The van der Waals surface area contributed by atoms with E-state index >= 15 is 0 Å². The minimum atomic E-state index is -0.579. The van der Waals surface area contributed by atoms with Gasteiger partial charge in [0, 0.05) is 28.8 Å². The standard InChI is InChI=1S/C24H27BrN2O4/c1-4-16-7-6-8-17(5-2)23(16)27-13-18(12-22(27)29)24(30)31-14-21(28)26-19-9-10-20(25)15(3)11-19/h6-11,18H,4-5,12-14H2,1-3H3,(H,26,28)/t18-/m1/s1. The molecule has 6 nitrogen and oxygen atoms in total. The molecule has 1 fully saturated rings. The lowest BCUT2D eigenvalue weighted by Gasteiger charge is -2.23. The number of rotatable bonds is 7. The predicted octanol–water partition coefficient (Wildman–Crippen LogP) is 4.42. The molecule has 0 saturated carbocycles. The summed E-state index contributed by atoms with van der Waals surface area (Å²) in [5.74, 6) is -1.61. The van der Waals surface area contributed by atoms with Gasteiger partial charge in [-0.2, -0.15) is 0 Å². The normalized spacial score (nSPS) is 15.8. The Kier molecular flexibility index (Phi) is 7.49. The van der Waals surface area contributed by atoms with Crippen molar-refractivity contribution < 1.29 is 19.1 Å². The van der Waals surface area contributed by atoms with Gasteiger partial charge in [0.25, 0.3) is 5.91 Å². The summed E-state index contributed by atoms with van der Waals surface area (Å²) >= 11 is 3.41. The molecule has 0 bridgehead atoms. The van der Waals surface area contributed by atoms with Crippen molar-refractivity contribution in [3.05, 3.63) is 57.6 Å². The number of benzene rings is 2. The highest BCUT2D eigenvalue weighted by Gasteiger charge is 2.37. The summed E-state index contributed by atoms with van der Waals surface area (Å²) in [6, 6.07) is 11.5. The molecule has 1 heterocycles. The Balaban J connectivity index is 1.61. The Morgan fingerprint density at radius 1 is 1.16 bits per heavy atom. The fourth-order valence-electron chi connectivity index (χ4n) is 3.82. The van der Waals surface area contributed by atoms with Crippen LogP contribution in [-0.4, -0.2) is 30.9 Å². The molecule has 2 aromatic carbocycles. The summed E-state index contributed by atoms with van der Waals surface area (Å²) < 4.78 is 6.17. The summed E-state index contributed by atoms with van der Waals surface area (Å²) in [5, 5.41) is 2.72. The maximum atomic E-state index is 12.7. The van der Waals surface area contributed by atoms with E-state index in [9.17, 15) is 14.4 Å². The van der Waals surface area contributed by atoms with Crippen LogP contribution in [0.1, 0.15) is 37.0 Å². The monoisotopic (exact) mass is 486 g/mol. The molecule has 0 unspecified atom stereocenters. The van der Waals surface area contributed by atoms with E-state index in [0.29, 0.717) is 5.69 Å². The van der Waals surface area contributed by atoms with Gasteiger partial charge in [0.15, 0.2) is 6.61 Å². The van der Waals surface area contributed by atoms with Gasteiger partial charge in [-0.15, -0.1) is 0 Å². The number of anilines is 2. The number of esters is 1. The first-order valence-electron chi connectivity index (χ1n) is 10.5. The maximum Gasteiger partial charge on any atom is 0.311 e. The van der Waals surface area contributed by atoms with Crippen LogP contribution in [0.5, 0.6) is 0 Å². The minimum absolute atomic E-state index is 0.0904. The zero-order valence-electron chi connectivity index (χ0n) is 18.0. The first kappa shape index (κ1) is 23.0. The van der Waals surface area contributed by atoms with Crippen molar-refractivity contribution in [3.8, 4) is 0 Å². The highest BCUT2D eigenvalue weighted by molar-refractivity contribution is 9.10. The van der Waals surface area contributed by atoms with Crippen LogP contribution < -0.4 is 10.2 Å². The van der Waals surface area contributed by atoms with Crippen LogP contribution in [0.15, 0.2) is 40.9 Å². The lowest BCUT2D eigenvalue weighted by Crippen LogP contribution is -2.29. The molecule has 0 aromatic heterocycles. The van der Waals surface area contributed by atoms with Gasteiger partial charge in [-0.3, -0.25) is 14.4 Å². The zero-order chi connectivity index (χ0) is 22.5. The van der Waals surface area contributed by atoms with Gasteiger partial charge in [0.1, 0.15) is 0 Å². The third-order valence-electron chi connectivity index (χ3n) is 5.48. The Hall–Kier alpha value is -2.67. The smallest absolute Gasteiger partial charge is 0.311 e. The topological polar surface area (TPSA) is 75.7 Å². The van der Waals surface area contributed by atoms with Gasteiger partial charge < -0.3 is 15.0 Å². The second kappa shape index (κ2) is 10.1. The van der Waals surface area contributed by atoms with Crippen molar-refractivity contribution >= 4 is 45.1 Å². The van der Waals surface area contributed by atoms with E-state index in [-0.39, 0.29) is 25.5 Å². The third-order valence-corrected chi connectivity index (χ3v) is 6.37. The highest BCUT2D eigenvalue weighted by atomic mass is 79.9. The number of nitrogens with zero attached hydrogens (tertiary/aromatic N) is 1. The summed E-state index contributed by atoms with van der Waals surface area (Å²) in [4.78, 5) is 39.1. The molecule has 3 rings (SSSR count). The van der Waals surface area contributed by atoms with Crippen molar-refractivity contribution in [2.45, 2.75) is 40.0 Å². The molecule has 31 heavy (non-hydrogen) atoms. The number of hydrogen-bond acceptors (Lipinski definition) is 4. The summed E-state index contributed by atoms with van der Waals surface area (Å²) in [7, 11) is 0. The Morgan fingerprint density at radius 2 is 1.84 bits per heavy atom. The SMILES string of the molecule is CCc1cccc(CC)c1N1C[C@H](C(=O)OCC(=O)Nc2ccc(Br)c(C)c2)CC1=O. The fourth-order valence-corrected chi connectivity index (χ4v) is 4.06. The van der Waals surface area contributed by atoms with Gasteiger partial charge in [-0.05, 0) is 54.7 Å². The summed E-state index contributed by atoms with van der Waals surface area (Å²) in [6.45, 7) is 5.91. The molecule has 2 amide bonds. The predicted molar refractivity (Wildman–Crippen MR) is 124 cm³/mol. The quantitative estimate of drug-likeness (QED) is 0.587. The first-order valence-corrected chi connectivity index (χ1v) is 11.3. The van der Waals surface area contributed by atoms with E-state index in [1.807, 2.05) is 37.3 Å². The average Bonchev–Trinajstić information content (AvgIpc) is 3.15. The molecule has 1 N–H and O–H groups in total. The van der Waals surface area contributed by atoms with Gasteiger partial charge in [-0.1, -0.05) is 48.0 Å². The summed E-state index contributed by atoms with van der Waals surface area (Å²) in [6.07, 6.45) is 1.70. The second-order valence-electron chi connectivity index (χ2n) is 7.66. The number of carbonyl (C=O) groups excluding carboxylic acids is 3. The number of para-hydroxylation sites is 1. The number of hydrogen-bond donors (Lipinski definition) is 1. The minimum Gasteiger partial charge on any atom is -0.455 e. The molecule has 1 aliphatic heterocycles. The lowest BCUT2D eigenvalue weighted by atomic mass is 10.0. The average molecular weight is 487 g/mol. The number of carbonyl (C=O) groups is 3. The molecule has 1 saturated heterocycles. The lowest BCUT2D eigenvalue weighted by molar-refractivity contribution is -0.151. The number of amides is 2. The Morgan fingerprint density at radius 3 is 2.45 bits per heavy atom. The fraction of sp³-hybridized carbons (Fsp3) is 0.375. The molecule has 0 radical (unpaired) electrons. The molecule has 164 valence electrons. The summed E-state index contributed by atoms with van der Waals surface area (Å²) in [5.41, 5.74) is 4.71. The molecule has 1 atom stereocenters.